The molecule has 5 nitrogen and oxygen atoms in total. The quantitative estimate of drug-likeness (QED) is 0.363. The first-order valence-corrected chi connectivity index (χ1v) is 15.5. The van der Waals surface area contributed by atoms with E-state index in [0.717, 1.165) is 30.5 Å². The van der Waals surface area contributed by atoms with Gasteiger partial charge in [-0.1, -0.05) is 58.3 Å². The number of rotatable bonds is 3. The van der Waals surface area contributed by atoms with E-state index in [1.54, 1.807) is 0 Å². The highest BCUT2D eigenvalue weighted by Gasteiger charge is 2.65. The SMILES string of the molecule is CC1(C)CC(O)c2c(nc(C3CCOCC3)c3c2C2(CCCC2)OC3c2ccc(S(F)(F)(F)(F)F)cc2)C1O. The van der Waals surface area contributed by atoms with Crippen LogP contribution in [0.4, 0.5) is 19.4 Å². The van der Waals surface area contributed by atoms with Gasteiger partial charge in [0, 0.05) is 30.3 Å². The lowest BCUT2D eigenvalue weighted by atomic mass is 9.68. The number of aliphatic hydroxyl groups excluding tert-OH is 2. The second-order valence-electron chi connectivity index (χ2n) is 12.3. The molecule has 1 saturated heterocycles. The third kappa shape index (κ3) is 4.48. The van der Waals surface area contributed by atoms with Crippen LogP contribution < -0.4 is 0 Å². The zero-order chi connectivity index (χ0) is 28.1. The molecule has 1 saturated carbocycles. The number of benzene rings is 1. The van der Waals surface area contributed by atoms with E-state index in [-0.39, 0.29) is 5.92 Å². The number of nitrogens with zero attached hydrogens (tertiary/aromatic N) is 1. The second-order valence-corrected chi connectivity index (χ2v) is 14.7. The lowest BCUT2D eigenvalue weighted by molar-refractivity contribution is -0.0598. The molecule has 6 rings (SSSR count). The molecule has 1 aromatic heterocycles. The molecule has 0 radical (unpaired) electrons. The Labute approximate surface area is 224 Å². The molecule has 39 heavy (non-hydrogen) atoms. The molecule has 1 aromatic carbocycles. The molecule has 2 aromatic rings. The lowest BCUT2D eigenvalue weighted by Gasteiger charge is -2.41. The highest BCUT2D eigenvalue weighted by molar-refractivity contribution is 8.45. The number of fused-ring (bicyclic) bond motifs is 4. The van der Waals surface area contributed by atoms with Crippen molar-refractivity contribution in [1.29, 1.82) is 0 Å². The minimum Gasteiger partial charge on any atom is -0.388 e. The normalized spacial score (nSPS) is 30.0. The van der Waals surface area contributed by atoms with Crippen LogP contribution >= 0.6 is 10.2 Å². The Balaban J connectivity index is 1.59. The Morgan fingerprint density at radius 1 is 0.897 bits per heavy atom. The number of aliphatic hydroxyl groups is 2. The molecule has 0 amide bonds. The van der Waals surface area contributed by atoms with Crippen LogP contribution in [0, 0.1) is 5.41 Å². The van der Waals surface area contributed by atoms with Crippen molar-refractivity contribution in [3.05, 3.63) is 57.9 Å². The van der Waals surface area contributed by atoms with Crippen molar-refractivity contribution in [2.75, 3.05) is 13.2 Å². The van der Waals surface area contributed by atoms with Crippen LogP contribution in [0.25, 0.3) is 0 Å². The Morgan fingerprint density at radius 3 is 2.10 bits per heavy atom. The Morgan fingerprint density at radius 2 is 1.51 bits per heavy atom. The molecule has 2 fully saturated rings. The summed E-state index contributed by atoms with van der Waals surface area (Å²) in [5.41, 5.74) is 2.08. The first-order valence-electron chi connectivity index (χ1n) is 13.5. The van der Waals surface area contributed by atoms with Crippen molar-refractivity contribution in [2.24, 2.45) is 5.41 Å². The van der Waals surface area contributed by atoms with E-state index in [1.165, 1.54) is 0 Å². The van der Waals surface area contributed by atoms with E-state index in [0.29, 0.717) is 85.5 Å². The van der Waals surface area contributed by atoms with Gasteiger partial charge in [-0.05, 0) is 60.8 Å². The fraction of sp³-hybridized carbons (Fsp3) is 0.607. The van der Waals surface area contributed by atoms with Crippen LogP contribution in [0.2, 0.25) is 0 Å². The summed E-state index contributed by atoms with van der Waals surface area (Å²) in [5, 5.41) is 22.8. The minimum absolute atomic E-state index is 0.0428. The number of halogens is 5. The number of hydrogen-bond acceptors (Lipinski definition) is 5. The van der Waals surface area contributed by atoms with E-state index in [1.807, 2.05) is 13.8 Å². The lowest BCUT2D eigenvalue weighted by Crippen LogP contribution is -2.35. The van der Waals surface area contributed by atoms with Crippen molar-refractivity contribution in [3.63, 3.8) is 0 Å². The predicted molar refractivity (Wildman–Crippen MR) is 136 cm³/mol. The molecular formula is C28H34F5NO4S. The molecule has 11 heteroatoms. The van der Waals surface area contributed by atoms with Gasteiger partial charge < -0.3 is 19.7 Å². The third-order valence-corrected chi connectivity index (χ3v) is 10.3. The largest absolute Gasteiger partial charge is 0.388 e. The molecule has 3 heterocycles. The van der Waals surface area contributed by atoms with E-state index in [2.05, 4.69) is 0 Å². The van der Waals surface area contributed by atoms with Crippen molar-refractivity contribution in [2.45, 2.75) is 93.5 Å². The van der Waals surface area contributed by atoms with Gasteiger partial charge in [-0.15, -0.1) is 0 Å². The maximum absolute atomic E-state index is 13.5. The summed E-state index contributed by atoms with van der Waals surface area (Å²) in [6.07, 6.45) is 2.02. The first-order chi connectivity index (χ1) is 18.0. The van der Waals surface area contributed by atoms with Crippen molar-refractivity contribution in [1.82, 2.24) is 4.98 Å². The predicted octanol–water partition coefficient (Wildman–Crippen LogP) is 8.02. The van der Waals surface area contributed by atoms with Crippen LogP contribution in [0.5, 0.6) is 0 Å². The van der Waals surface area contributed by atoms with Gasteiger partial charge >= 0.3 is 10.2 Å². The molecule has 2 aliphatic carbocycles. The smallest absolute Gasteiger partial charge is 0.310 e. The van der Waals surface area contributed by atoms with E-state index in [9.17, 15) is 29.6 Å². The fourth-order valence-electron chi connectivity index (χ4n) is 7.11. The maximum Gasteiger partial charge on any atom is 0.310 e. The monoisotopic (exact) mass is 575 g/mol. The van der Waals surface area contributed by atoms with E-state index >= 15 is 0 Å². The van der Waals surface area contributed by atoms with Gasteiger partial charge in [-0.3, -0.25) is 4.98 Å². The Bertz CT molecular complexity index is 1300. The molecular weight excluding hydrogens is 541 g/mol. The summed E-state index contributed by atoms with van der Waals surface area (Å²) < 4.78 is 79.7. The van der Waals surface area contributed by atoms with Gasteiger partial charge in [0.25, 0.3) is 0 Å². The maximum atomic E-state index is 13.5. The summed E-state index contributed by atoms with van der Waals surface area (Å²) in [5.74, 6) is -0.0428. The molecule has 2 aliphatic heterocycles. The van der Waals surface area contributed by atoms with Gasteiger partial charge in [0.1, 0.15) is 17.1 Å². The van der Waals surface area contributed by atoms with Crippen molar-refractivity contribution in [3.8, 4) is 0 Å². The molecule has 4 aliphatic rings. The van der Waals surface area contributed by atoms with Crippen LogP contribution in [-0.2, 0) is 15.1 Å². The summed E-state index contributed by atoms with van der Waals surface area (Å²) in [4.78, 5) is 3.06. The van der Waals surface area contributed by atoms with Crippen molar-refractivity contribution < 1.29 is 39.1 Å². The standard InChI is InChI=1S/C28H34F5NO4S/c1-27(2)15-19(35)20-22-21(23(34-24(20)26(27)36)16-9-13-37-14-10-16)25(38-28(22)11-3-4-12-28)17-5-7-18(8-6-17)39(29,30,31,32)33/h5-8,16,19,25-26,35-36H,3-4,9-15H2,1-2H3. The summed E-state index contributed by atoms with van der Waals surface area (Å²) in [6, 6.07) is 3.00. The van der Waals surface area contributed by atoms with Gasteiger partial charge in [0.15, 0.2) is 0 Å². The molecule has 216 valence electrons. The number of pyridine rings is 1. The van der Waals surface area contributed by atoms with Crippen LogP contribution in [0.1, 0.15) is 117 Å². The van der Waals surface area contributed by atoms with Gasteiger partial charge in [0.05, 0.1) is 23.1 Å². The molecule has 3 atom stereocenters. The average Bonchev–Trinajstić information content (AvgIpc) is 3.46. The summed E-state index contributed by atoms with van der Waals surface area (Å²) in [7, 11) is -9.83. The molecule has 1 spiro atoms. The minimum atomic E-state index is -9.83. The average molecular weight is 576 g/mol. The van der Waals surface area contributed by atoms with Crippen LogP contribution in [0.15, 0.2) is 29.2 Å². The van der Waals surface area contributed by atoms with E-state index in [4.69, 9.17) is 14.5 Å². The number of ether oxygens (including phenoxy) is 2. The van der Waals surface area contributed by atoms with Gasteiger partial charge in [-0.25, -0.2) is 0 Å². The van der Waals surface area contributed by atoms with Crippen LogP contribution in [0.3, 0.4) is 0 Å². The summed E-state index contributed by atoms with van der Waals surface area (Å²) in [6.45, 7) is 4.81. The summed E-state index contributed by atoms with van der Waals surface area (Å²) >= 11 is 0. The van der Waals surface area contributed by atoms with Gasteiger partial charge in [0.2, 0.25) is 0 Å². The molecule has 0 bridgehead atoms. The van der Waals surface area contributed by atoms with Gasteiger partial charge in [-0.2, -0.15) is 0 Å². The fourth-order valence-corrected chi connectivity index (χ4v) is 7.76. The number of aromatic nitrogens is 1. The molecule has 2 N–H and O–H groups in total. The zero-order valence-electron chi connectivity index (χ0n) is 21.9. The molecule has 3 unspecified atom stereocenters. The Kier molecular flexibility index (Phi) is 5.72. The Hall–Kier alpha value is -1.79. The second kappa shape index (κ2) is 8.15. The topological polar surface area (TPSA) is 71.8 Å². The third-order valence-electron chi connectivity index (χ3n) is 9.09. The van der Waals surface area contributed by atoms with Crippen LogP contribution in [-0.4, -0.2) is 28.4 Å². The highest BCUT2D eigenvalue weighted by atomic mass is 32.5. The number of hydrogen-bond donors (Lipinski definition) is 2. The zero-order valence-corrected chi connectivity index (χ0v) is 22.8. The van der Waals surface area contributed by atoms with E-state index < -0.39 is 44.4 Å². The highest BCUT2D eigenvalue weighted by Crippen LogP contribution is 3.02. The van der Waals surface area contributed by atoms with Crippen molar-refractivity contribution >= 4 is 10.2 Å². The first kappa shape index (κ1) is 27.4.